The lowest BCUT2D eigenvalue weighted by Gasteiger charge is -2.30. The molecule has 2 fully saturated rings. The highest BCUT2D eigenvalue weighted by molar-refractivity contribution is 5.76. The van der Waals surface area contributed by atoms with Crippen LogP contribution in [0.15, 0.2) is 0 Å². The summed E-state index contributed by atoms with van der Waals surface area (Å²) < 4.78 is 5.61. The van der Waals surface area contributed by atoms with Crippen LogP contribution in [0.1, 0.15) is 58.3 Å². The lowest BCUT2D eigenvalue weighted by molar-refractivity contribution is -0.132. The Morgan fingerprint density at radius 3 is 2.85 bits per heavy atom. The van der Waals surface area contributed by atoms with E-state index in [1.165, 1.54) is 19.3 Å². The van der Waals surface area contributed by atoms with Crippen molar-refractivity contribution < 1.29 is 9.53 Å². The molecule has 4 nitrogen and oxygen atoms in total. The van der Waals surface area contributed by atoms with Crippen molar-refractivity contribution in [3.8, 4) is 0 Å². The molecular formula is C16H30N2O2. The van der Waals surface area contributed by atoms with Crippen molar-refractivity contribution in [2.24, 2.45) is 0 Å². The Kier molecular flexibility index (Phi) is 6.80. The van der Waals surface area contributed by atoms with Gasteiger partial charge in [0, 0.05) is 32.2 Å². The Hall–Kier alpha value is -0.610. The summed E-state index contributed by atoms with van der Waals surface area (Å²) in [5, 5.41) is 3.54. The van der Waals surface area contributed by atoms with Gasteiger partial charge in [0.1, 0.15) is 0 Å². The Morgan fingerprint density at radius 2 is 2.20 bits per heavy atom. The second-order valence-electron chi connectivity index (χ2n) is 6.16. The first kappa shape index (κ1) is 15.8. The molecule has 116 valence electrons. The van der Waals surface area contributed by atoms with Gasteiger partial charge in [-0.15, -0.1) is 0 Å². The molecule has 2 aliphatic rings. The van der Waals surface area contributed by atoms with E-state index in [1.807, 2.05) is 0 Å². The molecule has 4 heteroatoms. The van der Waals surface area contributed by atoms with Crippen LogP contribution in [0.25, 0.3) is 0 Å². The number of amides is 1. The molecule has 20 heavy (non-hydrogen) atoms. The second kappa shape index (κ2) is 8.63. The second-order valence-corrected chi connectivity index (χ2v) is 6.16. The molecule has 0 aromatic carbocycles. The Morgan fingerprint density at radius 1 is 1.30 bits per heavy atom. The predicted molar refractivity (Wildman–Crippen MR) is 80.7 cm³/mol. The summed E-state index contributed by atoms with van der Waals surface area (Å²) >= 11 is 0. The fourth-order valence-corrected chi connectivity index (χ4v) is 3.25. The first-order valence-electron chi connectivity index (χ1n) is 8.42. The summed E-state index contributed by atoms with van der Waals surface area (Å²) in [5.74, 6) is 0.315. The van der Waals surface area contributed by atoms with Gasteiger partial charge < -0.3 is 15.0 Å². The third-order valence-electron chi connectivity index (χ3n) is 4.40. The number of hydrogen-bond donors (Lipinski definition) is 1. The van der Waals surface area contributed by atoms with Crippen molar-refractivity contribution in [1.82, 2.24) is 10.2 Å². The van der Waals surface area contributed by atoms with E-state index in [0.717, 1.165) is 51.9 Å². The van der Waals surface area contributed by atoms with Crippen LogP contribution < -0.4 is 5.32 Å². The average Bonchev–Trinajstić information content (AvgIpc) is 2.99. The van der Waals surface area contributed by atoms with Gasteiger partial charge in [-0.3, -0.25) is 4.79 Å². The first-order chi connectivity index (χ1) is 9.79. The lowest BCUT2D eigenvalue weighted by Crippen LogP contribution is -2.46. The normalized spacial score (nSPS) is 26.6. The largest absolute Gasteiger partial charge is 0.378 e. The topological polar surface area (TPSA) is 41.6 Å². The molecule has 0 aliphatic carbocycles. The summed E-state index contributed by atoms with van der Waals surface area (Å²) in [6, 6.07) is 0.502. The van der Waals surface area contributed by atoms with E-state index in [9.17, 15) is 4.79 Å². The van der Waals surface area contributed by atoms with Crippen LogP contribution in [0.5, 0.6) is 0 Å². The van der Waals surface area contributed by atoms with Gasteiger partial charge in [0.05, 0.1) is 6.10 Å². The highest BCUT2D eigenvalue weighted by atomic mass is 16.5. The minimum absolute atomic E-state index is 0.315. The van der Waals surface area contributed by atoms with Gasteiger partial charge in [0.25, 0.3) is 0 Å². The van der Waals surface area contributed by atoms with Gasteiger partial charge in [-0.25, -0.2) is 0 Å². The van der Waals surface area contributed by atoms with E-state index < -0.39 is 0 Å². The summed E-state index contributed by atoms with van der Waals surface area (Å²) in [7, 11) is 0. The Labute approximate surface area is 123 Å². The Balaban J connectivity index is 1.74. The van der Waals surface area contributed by atoms with E-state index in [-0.39, 0.29) is 0 Å². The fourth-order valence-electron chi connectivity index (χ4n) is 3.25. The van der Waals surface area contributed by atoms with Crippen LogP contribution in [0.4, 0.5) is 0 Å². The molecule has 2 saturated heterocycles. The standard InChI is InChI=1S/C16H30N2O2/c1-2-11-18(13-14-6-3-4-10-17-14)16(19)9-8-15-7-5-12-20-15/h14-15,17H,2-13H2,1H3. The zero-order valence-corrected chi connectivity index (χ0v) is 12.9. The zero-order chi connectivity index (χ0) is 14.2. The third-order valence-corrected chi connectivity index (χ3v) is 4.40. The highest BCUT2D eigenvalue weighted by Gasteiger charge is 2.22. The van der Waals surface area contributed by atoms with E-state index in [4.69, 9.17) is 4.74 Å². The number of nitrogens with zero attached hydrogens (tertiary/aromatic N) is 1. The van der Waals surface area contributed by atoms with Gasteiger partial charge in [0.2, 0.25) is 5.91 Å². The van der Waals surface area contributed by atoms with E-state index in [0.29, 0.717) is 24.5 Å². The van der Waals surface area contributed by atoms with E-state index >= 15 is 0 Å². The summed E-state index contributed by atoms with van der Waals surface area (Å²) in [6.07, 6.45) is 8.98. The molecule has 2 atom stereocenters. The van der Waals surface area contributed by atoms with Crippen LogP contribution in [-0.2, 0) is 9.53 Å². The average molecular weight is 282 g/mol. The molecule has 1 amide bonds. The third kappa shape index (κ3) is 5.06. The SMILES string of the molecule is CCCN(CC1CCCCN1)C(=O)CCC1CCCO1. The van der Waals surface area contributed by atoms with Crippen LogP contribution in [-0.4, -0.2) is 49.2 Å². The van der Waals surface area contributed by atoms with Gasteiger partial charge in [-0.05, 0) is 45.1 Å². The Bertz CT molecular complexity index is 284. The molecule has 0 spiro atoms. The fraction of sp³-hybridized carbons (Fsp3) is 0.938. The van der Waals surface area contributed by atoms with Gasteiger partial charge in [-0.1, -0.05) is 13.3 Å². The van der Waals surface area contributed by atoms with Crippen molar-refractivity contribution >= 4 is 5.91 Å². The number of carbonyl (C=O) groups excluding carboxylic acids is 1. The molecule has 0 bridgehead atoms. The molecule has 1 N–H and O–H groups in total. The number of nitrogens with one attached hydrogen (secondary N) is 1. The quantitative estimate of drug-likeness (QED) is 0.779. The number of carbonyl (C=O) groups is 1. The molecule has 2 aliphatic heterocycles. The molecular weight excluding hydrogens is 252 g/mol. The smallest absolute Gasteiger partial charge is 0.222 e. The van der Waals surface area contributed by atoms with Crippen molar-refractivity contribution in [2.75, 3.05) is 26.2 Å². The van der Waals surface area contributed by atoms with Crippen molar-refractivity contribution in [3.63, 3.8) is 0 Å². The molecule has 0 radical (unpaired) electrons. The maximum absolute atomic E-state index is 12.4. The number of hydrogen-bond acceptors (Lipinski definition) is 3. The number of ether oxygens (including phenoxy) is 1. The van der Waals surface area contributed by atoms with Gasteiger partial charge in [0.15, 0.2) is 0 Å². The predicted octanol–water partition coefficient (Wildman–Crippen LogP) is 2.33. The van der Waals surface area contributed by atoms with Gasteiger partial charge >= 0.3 is 0 Å². The first-order valence-corrected chi connectivity index (χ1v) is 8.42. The summed E-state index contributed by atoms with van der Waals surface area (Å²) in [5.41, 5.74) is 0. The molecule has 0 aromatic rings. The lowest BCUT2D eigenvalue weighted by atomic mass is 10.0. The van der Waals surface area contributed by atoms with Crippen LogP contribution in [0.3, 0.4) is 0 Å². The van der Waals surface area contributed by atoms with Crippen LogP contribution in [0, 0.1) is 0 Å². The zero-order valence-electron chi connectivity index (χ0n) is 12.9. The minimum atomic E-state index is 0.315. The summed E-state index contributed by atoms with van der Waals surface area (Å²) in [6.45, 7) is 5.91. The minimum Gasteiger partial charge on any atom is -0.378 e. The van der Waals surface area contributed by atoms with Crippen LogP contribution in [0.2, 0.25) is 0 Å². The maximum atomic E-state index is 12.4. The molecule has 0 saturated carbocycles. The monoisotopic (exact) mass is 282 g/mol. The maximum Gasteiger partial charge on any atom is 0.222 e. The highest BCUT2D eigenvalue weighted by Crippen LogP contribution is 2.18. The number of rotatable bonds is 7. The summed E-state index contributed by atoms with van der Waals surface area (Å²) in [4.78, 5) is 14.5. The number of piperidine rings is 1. The van der Waals surface area contributed by atoms with Crippen molar-refractivity contribution in [2.45, 2.75) is 70.4 Å². The van der Waals surface area contributed by atoms with Crippen LogP contribution >= 0.6 is 0 Å². The molecule has 2 rings (SSSR count). The van der Waals surface area contributed by atoms with E-state index in [1.54, 1.807) is 0 Å². The van der Waals surface area contributed by atoms with Gasteiger partial charge in [-0.2, -0.15) is 0 Å². The van der Waals surface area contributed by atoms with E-state index in [2.05, 4.69) is 17.1 Å². The molecule has 2 unspecified atom stereocenters. The van der Waals surface area contributed by atoms with Crippen molar-refractivity contribution in [1.29, 1.82) is 0 Å². The molecule has 0 aromatic heterocycles. The molecule has 2 heterocycles. The van der Waals surface area contributed by atoms with Crippen molar-refractivity contribution in [3.05, 3.63) is 0 Å².